The summed E-state index contributed by atoms with van der Waals surface area (Å²) in [7, 11) is 0. The number of hydrogen-bond donors (Lipinski definition) is 0. The van der Waals surface area contributed by atoms with Gasteiger partial charge in [0.2, 0.25) is 11.7 Å². The Morgan fingerprint density at radius 1 is 1.29 bits per heavy atom. The number of aromatic nitrogens is 6. The molecule has 174 valence electrons. The van der Waals surface area contributed by atoms with Crippen LogP contribution in [0.3, 0.4) is 0 Å². The molecule has 0 saturated heterocycles. The minimum Gasteiger partial charge on any atom is -0.418 e. The maximum atomic E-state index is 14.4. The van der Waals surface area contributed by atoms with E-state index in [0.717, 1.165) is 18.4 Å². The molecule has 0 spiro atoms. The second kappa shape index (κ2) is 8.29. The highest BCUT2D eigenvalue weighted by Gasteiger charge is 2.25. The van der Waals surface area contributed by atoms with E-state index >= 15 is 0 Å². The summed E-state index contributed by atoms with van der Waals surface area (Å²) in [5.74, 6) is -0.327. The number of nitriles is 1. The van der Waals surface area contributed by atoms with Crippen LogP contribution < -0.4 is 0 Å². The van der Waals surface area contributed by atoms with E-state index in [4.69, 9.17) is 16.0 Å². The van der Waals surface area contributed by atoms with Gasteiger partial charge in [0.25, 0.3) is 5.89 Å². The van der Waals surface area contributed by atoms with Gasteiger partial charge in [-0.15, -0.1) is 10.2 Å². The van der Waals surface area contributed by atoms with Gasteiger partial charge in [-0.05, 0) is 42.9 Å². The van der Waals surface area contributed by atoms with Crippen molar-refractivity contribution in [2.24, 2.45) is 0 Å². The predicted octanol–water partition coefficient (Wildman–Crippen LogP) is 4.31. The number of pyridine rings is 2. The third-order valence-corrected chi connectivity index (χ3v) is 6.38. The summed E-state index contributed by atoms with van der Waals surface area (Å²) < 4.78 is 23.3. The first-order chi connectivity index (χ1) is 17.0. The van der Waals surface area contributed by atoms with Gasteiger partial charge >= 0.3 is 0 Å². The standard InChI is InChI=1S/C24H17ClFN7O2/c25-17-5-6-32-12-28-18(22(32)21(17)26)3-4-19(34)24-31-30-20(35-24)8-16-11-33-10-15(13-1-2-13)7-14(9-27)23(33)29-16/h5-7,10-13H,1-4,8H2. The molecule has 0 atom stereocenters. The van der Waals surface area contributed by atoms with Crippen molar-refractivity contribution in [3.63, 3.8) is 0 Å². The molecule has 0 unspecified atom stereocenters. The normalized spacial score (nSPS) is 13.5. The van der Waals surface area contributed by atoms with Gasteiger partial charge in [-0.1, -0.05) is 11.6 Å². The van der Waals surface area contributed by atoms with Crippen molar-refractivity contribution >= 4 is 28.5 Å². The fraction of sp³-hybridized carbons (Fsp3) is 0.250. The lowest BCUT2D eigenvalue weighted by molar-refractivity contribution is 0.0947. The molecule has 0 bridgehead atoms. The van der Waals surface area contributed by atoms with E-state index < -0.39 is 5.82 Å². The molecule has 9 nitrogen and oxygen atoms in total. The molecule has 0 N–H and O–H groups in total. The lowest BCUT2D eigenvalue weighted by Crippen LogP contribution is -2.03. The molecule has 1 saturated carbocycles. The van der Waals surface area contributed by atoms with Crippen LogP contribution in [-0.2, 0) is 12.8 Å². The first-order valence-corrected chi connectivity index (χ1v) is 11.4. The molecule has 0 amide bonds. The fourth-order valence-electron chi connectivity index (χ4n) is 4.18. The highest BCUT2D eigenvalue weighted by Crippen LogP contribution is 2.40. The van der Waals surface area contributed by atoms with Gasteiger partial charge in [-0.2, -0.15) is 5.26 Å². The van der Waals surface area contributed by atoms with Crippen LogP contribution in [-0.4, -0.2) is 34.7 Å². The quantitative estimate of drug-likeness (QED) is 0.313. The average molecular weight is 490 g/mol. The Balaban J connectivity index is 1.17. The van der Waals surface area contributed by atoms with Crippen LogP contribution in [0.25, 0.3) is 11.2 Å². The molecular weight excluding hydrogens is 473 g/mol. The fourth-order valence-corrected chi connectivity index (χ4v) is 4.32. The molecule has 11 heteroatoms. The van der Waals surface area contributed by atoms with Crippen LogP contribution in [0.4, 0.5) is 4.39 Å². The lowest BCUT2D eigenvalue weighted by Gasteiger charge is -2.01. The third-order valence-electron chi connectivity index (χ3n) is 6.09. The zero-order chi connectivity index (χ0) is 24.1. The Bertz CT molecular complexity index is 1660. The highest BCUT2D eigenvalue weighted by atomic mass is 35.5. The Kier molecular flexibility index (Phi) is 5.07. The number of nitrogens with zero attached hydrogens (tertiary/aromatic N) is 7. The number of imidazole rings is 2. The van der Waals surface area contributed by atoms with Gasteiger partial charge in [0.1, 0.15) is 11.6 Å². The van der Waals surface area contributed by atoms with Crippen LogP contribution in [0.1, 0.15) is 64.3 Å². The minimum atomic E-state index is -0.578. The summed E-state index contributed by atoms with van der Waals surface area (Å²) in [6, 6.07) is 5.56. The van der Waals surface area contributed by atoms with Crippen molar-refractivity contribution in [1.29, 1.82) is 5.26 Å². The maximum Gasteiger partial charge on any atom is 0.284 e. The van der Waals surface area contributed by atoms with E-state index in [1.165, 1.54) is 16.8 Å². The highest BCUT2D eigenvalue weighted by molar-refractivity contribution is 6.31. The summed E-state index contributed by atoms with van der Waals surface area (Å²) in [6.45, 7) is 0. The van der Waals surface area contributed by atoms with Crippen LogP contribution in [0.2, 0.25) is 5.02 Å². The molecular formula is C24H17ClFN7O2. The van der Waals surface area contributed by atoms with Crippen LogP contribution in [0.15, 0.2) is 41.5 Å². The smallest absolute Gasteiger partial charge is 0.284 e. The molecule has 5 heterocycles. The number of halogens is 2. The van der Waals surface area contributed by atoms with E-state index in [9.17, 15) is 14.4 Å². The van der Waals surface area contributed by atoms with Gasteiger partial charge in [-0.3, -0.25) is 4.79 Å². The molecule has 0 aromatic carbocycles. The van der Waals surface area contributed by atoms with Crippen LogP contribution in [0, 0.1) is 17.1 Å². The predicted molar refractivity (Wildman–Crippen MR) is 122 cm³/mol. The summed E-state index contributed by atoms with van der Waals surface area (Å²) in [5, 5.41) is 17.3. The van der Waals surface area contributed by atoms with Crippen molar-refractivity contribution in [2.45, 2.75) is 38.0 Å². The molecule has 1 aliphatic carbocycles. The number of rotatable bonds is 7. The molecule has 5 aromatic heterocycles. The van der Waals surface area contributed by atoms with E-state index in [2.05, 4.69) is 26.2 Å². The summed E-state index contributed by atoms with van der Waals surface area (Å²) >= 11 is 5.87. The van der Waals surface area contributed by atoms with Crippen molar-refractivity contribution in [3.8, 4) is 6.07 Å². The largest absolute Gasteiger partial charge is 0.418 e. The lowest BCUT2D eigenvalue weighted by atomic mass is 10.1. The Hall–Kier alpha value is -4.10. The topological polar surface area (TPSA) is 114 Å². The number of hydrogen-bond acceptors (Lipinski definition) is 7. The molecule has 5 aromatic rings. The number of Topliss-reactive ketones (excluding diaryl/α,β-unsaturated/α-hetero) is 1. The van der Waals surface area contributed by atoms with Gasteiger partial charge in [0, 0.05) is 25.0 Å². The number of aryl methyl sites for hydroxylation is 1. The molecule has 6 rings (SSSR count). The van der Waals surface area contributed by atoms with Crippen molar-refractivity contribution in [2.75, 3.05) is 0 Å². The van der Waals surface area contributed by atoms with E-state index in [-0.39, 0.29) is 47.4 Å². The second-order valence-corrected chi connectivity index (χ2v) is 8.97. The third kappa shape index (κ3) is 3.94. The van der Waals surface area contributed by atoms with Gasteiger partial charge in [0.05, 0.1) is 34.7 Å². The van der Waals surface area contributed by atoms with Crippen LogP contribution >= 0.6 is 11.6 Å². The van der Waals surface area contributed by atoms with E-state index in [1.807, 2.05) is 22.9 Å². The summed E-state index contributed by atoms with van der Waals surface area (Å²) in [5.41, 5.74) is 3.53. The number of fused-ring (bicyclic) bond motifs is 2. The monoisotopic (exact) mass is 489 g/mol. The number of carbonyl (C=O) groups excluding carboxylic acids is 1. The summed E-state index contributed by atoms with van der Waals surface area (Å²) in [6.07, 6.45) is 9.61. The Morgan fingerprint density at radius 3 is 2.94 bits per heavy atom. The zero-order valence-corrected chi connectivity index (χ0v) is 19.0. The average Bonchev–Trinajstić information content (AvgIpc) is 3.26. The van der Waals surface area contributed by atoms with Crippen molar-refractivity contribution in [3.05, 3.63) is 82.2 Å². The van der Waals surface area contributed by atoms with Gasteiger partial charge in [0.15, 0.2) is 11.5 Å². The molecule has 35 heavy (non-hydrogen) atoms. The zero-order valence-electron chi connectivity index (χ0n) is 18.3. The first kappa shape index (κ1) is 21.4. The Morgan fingerprint density at radius 2 is 2.14 bits per heavy atom. The van der Waals surface area contributed by atoms with Crippen LogP contribution in [0.5, 0.6) is 0 Å². The van der Waals surface area contributed by atoms with Crippen molar-refractivity contribution in [1.82, 2.24) is 29.0 Å². The first-order valence-electron chi connectivity index (χ1n) is 11.1. The number of carbonyl (C=O) groups is 1. The van der Waals surface area contributed by atoms with Gasteiger partial charge in [-0.25, -0.2) is 14.4 Å². The molecule has 1 fully saturated rings. The number of ketones is 1. The maximum absolute atomic E-state index is 14.4. The van der Waals surface area contributed by atoms with E-state index in [1.54, 1.807) is 6.20 Å². The summed E-state index contributed by atoms with van der Waals surface area (Å²) in [4.78, 5) is 21.3. The van der Waals surface area contributed by atoms with Crippen molar-refractivity contribution < 1.29 is 13.6 Å². The molecule has 0 radical (unpaired) electrons. The van der Waals surface area contributed by atoms with E-state index in [0.29, 0.717) is 28.5 Å². The minimum absolute atomic E-state index is 0.00952. The second-order valence-electron chi connectivity index (χ2n) is 8.56. The molecule has 0 aliphatic heterocycles. The SMILES string of the molecule is N#Cc1cc(C2CC2)cn2cc(Cc3nnc(C(=O)CCc4ncn5ccc(Cl)c(F)c45)o3)nc12. The molecule has 1 aliphatic rings. The van der Waals surface area contributed by atoms with Gasteiger partial charge < -0.3 is 13.2 Å². The Labute approximate surface area is 202 Å².